The summed E-state index contributed by atoms with van der Waals surface area (Å²) in [5.74, 6) is -3.96. The normalized spacial score (nSPS) is 14.0. The van der Waals surface area contributed by atoms with Crippen molar-refractivity contribution in [3.63, 3.8) is 0 Å². The van der Waals surface area contributed by atoms with Crippen molar-refractivity contribution in [2.24, 2.45) is 0 Å². The summed E-state index contributed by atoms with van der Waals surface area (Å²) in [6, 6.07) is 3.23. The zero-order valence-corrected chi connectivity index (χ0v) is 18.0. The van der Waals surface area contributed by atoms with Crippen LogP contribution in [0.2, 0.25) is 20.1 Å². The molecule has 0 fully saturated rings. The smallest absolute Gasteiger partial charge is 0.329 e. The van der Waals surface area contributed by atoms with Crippen molar-refractivity contribution in [3.05, 3.63) is 66.9 Å². The maximum absolute atomic E-state index is 12.9. The predicted molar refractivity (Wildman–Crippen MR) is 108 cm³/mol. The van der Waals surface area contributed by atoms with Crippen LogP contribution in [0.25, 0.3) is 0 Å². The second-order valence-corrected chi connectivity index (χ2v) is 7.71. The van der Waals surface area contributed by atoms with Gasteiger partial charge in [0, 0.05) is 5.56 Å². The monoisotopic (exact) mass is 491 g/mol. The van der Waals surface area contributed by atoms with Gasteiger partial charge in [-0.2, -0.15) is 0 Å². The number of carbonyl (C=O) groups is 4. The fraction of sp³-hybridized carbons (Fsp3) is 0.158. The molecule has 2 amide bonds. The quantitative estimate of drug-likeness (QED) is 0.196. The van der Waals surface area contributed by atoms with Crippen LogP contribution in [0.5, 0.6) is 0 Å². The number of rotatable bonds is 5. The van der Waals surface area contributed by atoms with Gasteiger partial charge in [-0.15, -0.1) is 0 Å². The number of fused-ring (bicyclic) bond motifs is 1. The first-order chi connectivity index (χ1) is 14.1. The molecule has 1 aliphatic rings. The molecule has 0 radical (unpaired) electrons. The Bertz CT molecular complexity index is 1060. The minimum Gasteiger partial charge on any atom is -0.456 e. The van der Waals surface area contributed by atoms with Crippen LogP contribution in [0.1, 0.15) is 38.0 Å². The number of imide groups is 1. The number of ketones is 1. The highest BCUT2D eigenvalue weighted by Crippen LogP contribution is 2.45. The number of hydrogen-bond donors (Lipinski definition) is 0. The summed E-state index contributed by atoms with van der Waals surface area (Å²) < 4.78 is 17.9. The van der Waals surface area contributed by atoms with Crippen molar-refractivity contribution in [1.29, 1.82) is 0 Å². The summed E-state index contributed by atoms with van der Waals surface area (Å²) in [5.41, 5.74) is -0.424. The molecule has 1 atom stereocenters. The molecule has 0 unspecified atom stereocenters. The first kappa shape index (κ1) is 22.5. The Morgan fingerprint density at radius 2 is 1.40 bits per heavy atom. The topological polar surface area (TPSA) is 80.8 Å². The van der Waals surface area contributed by atoms with E-state index in [1.54, 1.807) is 0 Å². The van der Waals surface area contributed by atoms with Gasteiger partial charge in [-0.25, -0.2) is 9.18 Å². The van der Waals surface area contributed by atoms with Crippen LogP contribution < -0.4 is 0 Å². The van der Waals surface area contributed by atoms with Gasteiger partial charge in [0.2, 0.25) is 0 Å². The van der Waals surface area contributed by atoms with E-state index in [0.717, 1.165) is 12.1 Å². The van der Waals surface area contributed by atoms with Crippen molar-refractivity contribution < 1.29 is 28.3 Å². The fourth-order valence-electron chi connectivity index (χ4n) is 2.80. The summed E-state index contributed by atoms with van der Waals surface area (Å²) in [6.45, 7) is 0.564. The second kappa shape index (κ2) is 8.51. The van der Waals surface area contributed by atoms with Gasteiger partial charge in [0.1, 0.15) is 11.9 Å². The Morgan fingerprint density at radius 3 is 1.87 bits per heavy atom. The van der Waals surface area contributed by atoms with Crippen LogP contribution >= 0.6 is 46.4 Å². The summed E-state index contributed by atoms with van der Waals surface area (Å²) in [6.07, 6.45) is 0. The van der Waals surface area contributed by atoms with E-state index in [9.17, 15) is 23.6 Å². The zero-order chi connectivity index (χ0) is 22.3. The third-order valence-electron chi connectivity index (χ3n) is 4.37. The lowest BCUT2D eigenvalue weighted by atomic mass is 10.1. The molecular formula is C19H10Cl4FNO5. The molecule has 2 aromatic rings. The molecule has 1 heterocycles. The maximum atomic E-state index is 12.9. The molecule has 0 saturated carbocycles. The summed E-state index contributed by atoms with van der Waals surface area (Å²) in [5, 5.41) is -0.946. The van der Waals surface area contributed by atoms with E-state index < -0.39 is 42.0 Å². The molecule has 0 spiro atoms. The highest BCUT2D eigenvalue weighted by Gasteiger charge is 2.45. The van der Waals surface area contributed by atoms with Gasteiger partial charge >= 0.3 is 5.97 Å². The zero-order valence-electron chi connectivity index (χ0n) is 15.0. The first-order valence-electron chi connectivity index (χ1n) is 8.25. The minimum absolute atomic E-state index is 0.125. The Labute approximate surface area is 189 Å². The molecule has 11 heteroatoms. The molecule has 0 aliphatic carbocycles. The highest BCUT2D eigenvalue weighted by atomic mass is 35.5. The Morgan fingerprint density at radius 1 is 0.933 bits per heavy atom. The van der Waals surface area contributed by atoms with Gasteiger partial charge in [-0.05, 0) is 31.2 Å². The third-order valence-corrected chi connectivity index (χ3v) is 6.17. The molecule has 6 nitrogen and oxygen atoms in total. The number of nitrogens with zero attached hydrogens (tertiary/aromatic N) is 1. The number of esters is 1. The average Bonchev–Trinajstić information content (AvgIpc) is 2.98. The van der Waals surface area contributed by atoms with E-state index in [1.165, 1.54) is 19.1 Å². The van der Waals surface area contributed by atoms with Crippen molar-refractivity contribution in [2.75, 3.05) is 6.61 Å². The molecule has 3 rings (SSSR count). The van der Waals surface area contributed by atoms with E-state index >= 15 is 0 Å². The molecule has 0 bridgehead atoms. The first-order valence-corrected chi connectivity index (χ1v) is 9.76. The van der Waals surface area contributed by atoms with Crippen LogP contribution in [-0.2, 0) is 9.53 Å². The SMILES string of the molecule is C[C@@H](C(=O)OCC(=O)c1ccc(F)cc1)N1C(=O)c2c(Cl)c(Cl)c(Cl)c(Cl)c2C1=O. The number of hydrogen-bond acceptors (Lipinski definition) is 5. The molecule has 0 N–H and O–H groups in total. The van der Waals surface area contributed by atoms with Crippen LogP contribution in [-0.4, -0.2) is 41.1 Å². The standard InChI is InChI=1S/C19H10Cl4FNO5/c1-7(19(29)30-6-10(26)8-2-4-9(24)5-3-8)25-17(27)11-12(18(25)28)14(21)16(23)15(22)13(11)20/h2-5,7H,6H2,1H3/t7-/m0/s1. The number of halogens is 5. The van der Waals surface area contributed by atoms with E-state index in [2.05, 4.69) is 0 Å². The maximum Gasteiger partial charge on any atom is 0.329 e. The van der Waals surface area contributed by atoms with Crippen molar-refractivity contribution in [1.82, 2.24) is 4.90 Å². The van der Waals surface area contributed by atoms with E-state index in [-0.39, 0.29) is 36.8 Å². The summed E-state index contributed by atoms with van der Waals surface area (Å²) in [7, 11) is 0. The number of Topliss-reactive ketones (excluding diaryl/α,β-unsaturated/α-hetero) is 1. The molecule has 30 heavy (non-hydrogen) atoms. The lowest BCUT2D eigenvalue weighted by molar-refractivity contribution is -0.146. The number of carbonyl (C=O) groups excluding carboxylic acids is 4. The lowest BCUT2D eigenvalue weighted by Crippen LogP contribution is -2.44. The van der Waals surface area contributed by atoms with Gasteiger partial charge in [0.15, 0.2) is 12.4 Å². The number of amides is 2. The average molecular weight is 493 g/mol. The van der Waals surface area contributed by atoms with Gasteiger partial charge < -0.3 is 4.74 Å². The molecule has 156 valence electrons. The lowest BCUT2D eigenvalue weighted by Gasteiger charge is -2.20. The van der Waals surface area contributed by atoms with Gasteiger partial charge in [0.25, 0.3) is 11.8 Å². The fourth-order valence-corrected chi connectivity index (χ4v) is 3.81. The predicted octanol–water partition coefficient (Wildman–Crippen LogP) is 4.85. The van der Waals surface area contributed by atoms with Gasteiger partial charge in [-0.3, -0.25) is 19.3 Å². The van der Waals surface area contributed by atoms with Gasteiger partial charge in [-0.1, -0.05) is 46.4 Å². The largest absolute Gasteiger partial charge is 0.456 e. The van der Waals surface area contributed by atoms with E-state index in [0.29, 0.717) is 4.90 Å². The number of ether oxygens (including phenoxy) is 1. The molecule has 2 aromatic carbocycles. The molecule has 0 aromatic heterocycles. The summed E-state index contributed by atoms with van der Waals surface area (Å²) >= 11 is 24.0. The van der Waals surface area contributed by atoms with Crippen molar-refractivity contribution >= 4 is 70.0 Å². The highest BCUT2D eigenvalue weighted by molar-refractivity contribution is 6.55. The van der Waals surface area contributed by atoms with Crippen LogP contribution in [0.15, 0.2) is 24.3 Å². The van der Waals surface area contributed by atoms with Crippen molar-refractivity contribution in [2.45, 2.75) is 13.0 Å². The third kappa shape index (κ3) is 3.78. The molecule has 0 saturated heterocycles. The van der Waals surface area contributed by atoms with Gasteiger partial charge in [0.05, 0.1) is 31.2 Å². The Balaban J connectivity index is 1.78. The number of benzene rings is 2. The van der Waals surface area contributed by atoms with E-state index in [4.69, 9.17) is 51.1 Å². The second-order valence-electron chi connectivity index (χ2n) is 6.20. The molecular weight excluding hydrogens is 483 g/mol. The van der Waals surface area contributed by atoms with Crippen LogP contribution in [0.4, 0.5) is 4.39 Å². The van der Waals surface area contributed by atoms with Crippen LogP contribution in [0.3, 0.4) is 0 Å². The Hall–Kier alpha value is -2.19. The molecule has 1 aliphatic heterocycles. The van der Waals surface area contributed by atoms with E-state index in [1.807, 2.05) is 0 Å². The minimum atomic E-state index is -1.40. The van der Waals surface area contributed by atoms with Crippen LogP contribution in [0, 0.1) is 5.82 Å². The van der Waals surface area contributed by atoms with Crippen molar-refractivity contribution in [3.8, 4) is 0 Å². The Kier molecular flexibility index (Phi) is 6.38. The summed E-state index contributed by atoms with van der Waals surface area (Å²) in [4.78, 5) is 50.5.